The molecule has 1 unspecified atom stereocenters. The Morgan fingerprint density at radius 3 is 2.88 bits per heavy atom. The van der Waals surface area contributed by atoms with Crippen molar-refractivity contribution in [2.24, 2.45) is 0 Å². The molecule has 2 fully saturated rings. The van der Waals surface area contributed by atoms with Gasteiger partial charge in [-0.2, -0.15) is 0 Å². The fraction of sp³-hybridized carbons (Fsp3) is 1.00. The average Bonchev–Trinajstić information content (AvgIpc) is 2.79. The van der Waals surface area contributed by atoms with Crippen molar-refractivity contribution in [3.05, 3.63) is 0 Å². The maximum absolute atomic E-state index is 5.44. The Labute approximate surface area is 99.5 Å². The van der Waals surface area contributed by atoms with Gasteiger partial charge in [0, 0.05) is 18.6 Å². The van der Waals surface area contributed by atoms with Gasteiger partial charge in [0.1, 0.15) is 0 Å². The normalized spacial score (nSPS) is 28.7. The van der Waals surface area contributed by atoms with Gasteiger partial charge in [0.2, 0.25) is 0 Å². The van der Waals surface area contributed by atoms with Crippen LogP contribution in [0.3, 0.4) is 0 Å². The van der Waals surface area contributed by atoms with E-state index in [1.165, 1.54) is 45.2 Å². The molecule has 1 atom stereocenters. The molecule has 2 rings (SSSR count). The monoisotopic (exact) mass is 226 g/mol. The van der Waals surface area contributed by atoms with Crippen molar-refractivity contribution in [2.75, 3.05) is 32.8 Å². The molecule has 0 aromatic rings. The predicted octanol–water partition coefficient (Wildman–Crippen LogP) is 1.63. The Balaban J connectivity index is 1.53. The molecule has 2 aliphatic rings. The van der Waals surface area contributed by atoms with Gasteiger partial charge in [0.15, 0.2) is 0 Å². The van der Waals surface area contributed by atoms with Crippen molar-refractivity contribution >= 4 is 0 Å². The van der Waals surface area contributed by atoms with E-state index in [2.05, 4.69) is 17.1 Å². The van der Waals surface area contributed by atoms with E-state index in [9.17, 15) is 0 Å². The van der Waals surface area contributed by atoms with Crippen LogP contribution in [0.5, 0.6) is 0 Å². The zero-order valence-electron chi connectivity index (χ0n) is 10.6. The molecule has 1 aliphatic carbocycles. The van der Waals surface area contributed by atoms with Gasteiger partial charge in [-0.15, -0.1) is 0 Å². The Kier molecular flexibility index (Phi) is 5.07. The SMILES string of the molecule is CC1COCCN1CCCNC1CCCC1. The van der Waals surface area contributed by atoms with E-state index in [1.807, 2.05) is 0 Å². The van der Waals surface area contributed by atoms with E-state index in [0.29, 0.717) is 6.04 Å². The third-order valence-electron chi connectivity index (χ3n) is 3.92. The topological polar surface area (TPSA) is 24.5 Å². The minimum atomic E-state index is 0.611. The van der Waals surface area contributed by atoms with Crippen molar-refractivity contribution in [1.29, 1.82) is 0 Å². The predicted molar refractivity (Wildman–Crippen MR) is 66.7 cm³/mol. The first kappa shape index (κ1) is 12.3. The molecule has 16 heavy (non-hydrogen) atoms. The summed E-state index contributed by atoms with van der Waals surface area (Å²) in [6.07, 6.45) is 6.93. The molecular weight excluding hydrogens is 200 g/mol. The highest BCUT2D eigenvalue weighted by atomic mass is 16.5. The summed E-state index contributed by atoms with van der Waals surface area (Å²) in [4.78, 5) is 2.56. The lowest BCUT2D eigenvalue weighted by Crippen LogP contribution is -2.44. The highest BCUT2D eigenvalue weighted by Gasteiger charge is 2.18. The van der Waals surface area contributed by atoms with Crippen LogP contribution in [-0.2, 0) is 4.74 Å². The maximum Gasteiger partial charge on any atom is 0.0619 e. The van der Waals surface area contributed by atoms with Crippen molar-refractivity contribution < 1.29 is 4.74 Å². The molecule has 0 radical (unpaired) electrons. The molecule has 0 bridgehead atoms. The highest BCUT2D eigenvalue weighted by molar-refractivity contribution is 4.75. The number of ether oxygens (including phenoxy) is 1. The van der Waals surface area contributed by atoms with Crippen LogP contribution in [0.15, 0.2) is 0 Å². The van der Waals surface area contributed by atoms with Crippen molar-refractivity contribution in [1.82, 2.24) is 10.2 Å². The van der Waals surface area contributed by atoms with E-state index in [1.54, 1.807) is 0 Å². The first-order chi connectivity index (χ1) is 7.86. The summed E-state index contributed by atoms with van der Waals surface area (Å²) in [6.45, 7) is 7.63. The van der Waals surface area contributed by atoms with E-state index >= 15 is 0 Å². The van der Waals surface area contributed by atoms with E-state index < -0.39 is 0 Å². The number of hydrogen-bond donors (Lipinski definition) is 1. The van der Waals surface area contributed by atoms with E-state index in [0.717, 1.165) is 25.8 Å². The van der Waals surface area contributed by atoms with Crippen LogP contribution in [0.25, 0.3) is 0 Å². The first-order valence-electron chi connectivity index (χ1n) is 6.91. The lowest BCUT2D eigenvalue weighted by atomic mass is 10.2. The average molecular weight is 226 g/mol. The van der Waals surface area contributed by atoms with Gasteiger partial charge >= 0.3 is 0 Å². The second kappa shape index (κ2) is 6.58. The Bertz CT molecular complexity index is 192. The van der Waals surface area contributed by atoms with Crippen molar-refractivity contribution in [2.45, 2.75) is 51.1 Å². The summed E-state index contributed by atoms with van der Waals surface area (Å²) < 4.78 is 5.44. The van der Waals surface area contributed by atoms with Crippen LogP contribution >= 0.6 is 0 Å². The highest BCUT2D eigenvalue weighted by Crippen LogP contribution is 2.17. The zero-order valence-corrected chi connectivity index (χ0v) is 10.6. The van der Waals surface area contributed by atoms with Gasteiger partial charge in [0.05, 0.1) is 13.2 Å². The molecule has 1 aliphatic heterocycles. The van der Waals surface area contributed by atoms with Gasteiger partial charge in [-0.25, -0.2) is 0 Å². The number of nitrogens with one attached hydrogen (secondary N) is 1. The third-order valence-corrected chi connectivity index (χ3v) is 3.92. The quantitative estimate of drug-likeness (QED) is 0.721. The van der Waals surface area contributed by atoms with Crippen LogP contribution in [0.4, 0.5) is 0 Å². The number of hydrogen-bond acceptors (Lipinski definition) is 3. The van der Waals surface area contributed by atoms with E-state index in [4.69, 9.17) is 4.74 Å². The third kappa shape index (κ3) is 3.72. The maximum atomic E-state index is 5.44. The molecule has 1 saturated carbocycles. The summed E-state index contributed by atoms with van der Waals surface area (Å²) in [5.74, 6) is 0. The minimum Gasteiger partial charge on any atom is -0.379 e. The van der Waals surface area contributed by atoms with Crippen molar-refractivity contribution in [3.8, 4) is 0 Å². The largest absolute Gasteiger partial charge is 0.379 e. The molecule has 1 saturated heterocycles. The lowest BCUT2D eigenvalue weighted by Gasteiger charge is -2.33. The summed E-state index contributed by atoms with van der Waals surface area (Å²) in [5, 5.41) is 3.68. The fourth-order valence-corrected chi connectivity index (χ4v) is 2.81. The molecule has 94 valence electrons. The minimum absolute atomic E-state index is 0.611. The Morgan fingerprint density at radius 2 is 2.12 bits per heavy atom. The van der Waals surface area contributed by atoms with Gasteiger partial charge in [-0.3, -0.25) is 4.90 Å². The fourth-order valence-electron chi connectivity index (χ4n) is 2.81. The molecule has 0 amide bonds. The molecule has 1 heterocycles. The van der Waals surface area contributed by atoms with Gasteiger partial charge in [-0.05, 0) is 39.3 Å². The second-order valence-electron chi connectivity index (χ2n) is 5.25. The summed E-state index contributed by atoms with van der Waals surface area (Å²) in [6, 6.07) is 1.43. The smallest absolute Gasteiger partial charge is 0.0619 e. The summed E-state index contributed by atoms with van der Waals surface area (Å²) in [5.41, 5.74) is 0. The molecule has 0 aromatic heterocycles. The Morgan fingerprint density at radius 1 is 1.31 bits per heavy atom. The van der Waals surface area contributed by atoms with Crippen LogP contribution in [-0.4, -0.2) is 49.8 Å². The summed E-state index contributed by atoms with van der Waals surface area (Å²) >= 11 is 0. The number of nitrogens with zero attached hydrogens (tertiary/aromatic N) is 1. The molecule has 3 nitrogen and oxygen atoms in total. The molecule has 1 N–H and O–H groups in total. The molecule has 3 heteroatoms. The number of rotatable bonds is 5. The number of morpholine rings is 1. The first-order valence-corrected chi connectivity index (χ1v) is 6.91. The lowest BCUT2D eigenvalue weighted by molar-refractivity contribution is -0.000649. The van der Waals surface area contributed by atoms with Gasteiger partial charge in [0.25, 0.3) is 0 Å². The van der Waals surface area contributed by atoms with Crippen LogP contribution < -0.4 is 5.32 Å². The van der Waals surface area contributed by atoms with Gasteiger partial charge in [-0.1, -0.05) is 12.8 Å². The Hall–Kier alpha value is -0.120. The van der Waals surface area contributed by atoms with Gasteiger partial charge < -0.3 is 10.1 Å². The summed E-state index contributed by atoms with van der Waals surface area (Å²) in [7, 11) is 0. The zero-order chi connectivity index (χ0) is 11.2. The van der Waals surface area contributed by atoms with E-state index in [-0.39, 0.29) is 0 Å². The van der Waals surface area contributed by atoms with Crippen LogP contribution in [0.2, 0.25) is 0 Å². The standard InChI is InChI=1S/C13H26N2O/c1-12-11-16-10-9-15(12)8-4-7-14-13-5-2-3-6-13/h12-14H,2-11H2,1H3. The molecule has 0 aromatic carbocycles. The molecular formula is C13H26N2O. The molecule has 0 spiro atoms. The van der Waals surface area contributed by atoms with Crippen LogP contribution in [0, 0.1) is 0 Å². The van der Waals surface area contributed by atoms with Crippen LogP contribution in [0.1, 0.15) is 39.0 Å². The van der Waals surface area contributed by atoms with Crippen molar-refractivity contribution in [3.63, 3.8) is 0 Å². The second-order valence-corrected chi connectivity index (χ2v) is 5.25.